The van der Waals surface area contributed by atoms with E-state index in [9.17, 15) is 9.59 Å². The lowest BCUT2D eigenvalue weighted by Crippen LogP contribution is -2.46. The van der Waals surface area contributed by atoms with Crippen LogP contribution in [0.1, 0.15) is 66.2 Å². The van der Waals surface area contributed by atoms with E-state index < -0.39 is 17.8 Å². The summed E-state index contributed by atoms with van der Waals surface area (Å²) in [6.07, 6.45) is 4.46. The molecule has 146 valence electrons. The first kappa shape index (κ1) is 21.5. The Morgan fingerprint density at radius 1 is 1.32 bits per heavy atom. The van der Waals surface area contributed by atoms with E-state index in [-0.39, 0.29) is 17.4 Å². The lowest BCUT2D eigenvalue weighted by molar-refractivity contribution is 0.0466. The molecule has 1 unspecified atom stereocenters. The maximum atomic E-state index is 11.8. The van der Waals surface area contributed by atoms with E-state index in [0.29, 0.717) is 13.1 Å². The third kappa shape index (κ3) is 7.50. The van der Waals surface area contributed by atoms with Crippen molar-refractivity contribution >= 4 is 12.2 Å². The maximum absolute atomic E-state index is 11.8. The molecule has 0 aliphatic heterocycles. The number of nitrogens with one attached hydrogen (secondary N) is 2. The lowest BCUT2D eigenvalue weighted by Gasteiger charge is -2.45. The molecule has 1 aliphatic rings. The summed E-state index contributed by atoms with van der Waals surface area (Å²) in [5.74, 6) is 0.114. The van der Waals surface area contributed by atoms with Gasteiger partial charge in [0.05, 0.1) is 0 Å². The summed E-state index contributed by atoms with van der Waals surface area (Å²) in [7, 11) is 0. The van der Waals surface area contributed by atoms with Gasteiger partial charge in [0.1, 0.15) is 5.60 Å². The quantitative estimate of drug-likeness (QED) is 0.506. The van der Waals surface area contributed by atoms with Gasteiger partial charge in [0.25, 0.3) is 0 Å². The van der Waals surface area contributed by atoms with Crippen LogP contribution >= 0.6 is 0 Å². The van der Waals surface area contributed by atoms with E-state index in [1.807, 2.05) is 27.7 Å². The molecule has 1 fully saturated rings. The molecule has 0 saturated heterocycles. The second-order valence-electron chi connectivity index (χ2n) is 8.20. The van der Waals surface area contributed by atoms with Crippen molar-refractivity contribution in [2.24, 2.45) is 17.1 Å². The van der Waals surface area contributed by atoms with Crippen molar-refractivity contribution in [1.82, 2.24) is 10.6 Å². The number of carboxylic acid groups (broad SMARTS) is 1. The summed E-state index contributed by atoms with van der Waals surface area (Å²) >= 11 is 0. The van der Waals surface area contributed by atoms with Crippen molar-refractivity contribution in [2.75, 3.05) is 13.1 Å². The van der Waals surface area contributed by atoms with Crippen molar-refractivity contribution in [1.29, 1.82) is 0 Å². The van der Waals surface area contributed by atoms with E-state index in [4.69, 9.17) is 15.6 Å². The van der Waals surface area contributed by atoms with Crippen molar-refractivity contribution in [3.8, 4) is 0 Å². The first-order valence-electron chi connectivity index (χ1n) is 9.27. The maximum Gasteiger partial charge on any atom is 0.407 e. The molecular weight excluding hydrogens is 322 g/mol. The van der Waals surface area contributed by atoms with Crippen LogP contribution in [0.4, 0.5) is 9.59 Å². The van der Waals surface area contributed by atoms with Crippen LogP contribution in [0, 0.1) is 11.3 Å². The molecule has 7 heteroatoms. The van der Waals surface area contributed by atoms with Crippen molar-refractivity contribution in [3.63, 3.8) is 0 Å². The molecule has 0 aromatic carbocycles. The highest BCUT2D eigenvalue weighted by Gasteiger charge is 2.40. The highest BCUT2D eigenvalue weighted by Crippen LogP contribution is 2.49. The van der Waals surface area contributed by atoms with E-state index >= 15 is 0 Å². The largest absolute Gasteiger partial charge is 0.465 e. The number of nitrogens with two attached hydrogens (primary N) is 1. The van der Waals surface area contributed by atoms with Gasteiger partial charge in [-0.15, -0.1) is 0 Å². The van der Waals surface area contributed by atoms with Crippen LogP contribution in [0.25, 0.3) is 0 Å². The zero-order valence-electron chi connectivity index (χ0n) is 16.1. The molecule has 2 amide bonds. The van der Waals surface area contributed by atoms with Crippen molar-refractivity contribution < 1.29 is 19.4 Å². The summed E-state index contributed by atoms with van der Waals surface area (Å²) in [5.41, 5.74) is 5.58. The van der Waals surface area contributed by atoms with Gasteiger partial charge in [-0.3, -0.25) is 0 Å². The molecule has 1 aliphatic carbocycles. The monoisotopic (exact) mass is 357 g/mol. The first-order chi connectivity index (χ1) is 11.6. The molecule has 0 heterocycles. The minimum Gasteiger partial charge on any atom is -0.465 e. The van der Waals surface area contributed by atoms with Gasteiger partial charge in [-0.2, -0.15) is 0 Å². The molecule has 0 radical (unpaired) electrons. The number of hydrogen-bond acceptors (Lipinski definition) is 4. The normalized spacial score (nSPS) is 18.6. The lowest BCUT2D eigenvalue weighted by atomic mass is 9.61. The van der Waals surface area contributed by atoms with Gasteiger partial charge in [0.15, 0.2) is 0 Å². The zero-order chi connectivity index (χ0) is 19.1. The molecule has 5 N–H and O–H groups in total. The van der Waals surface area contributed by atoms with Crippen LogP contribution in [-0.4, -0.2) is 42.0 Å². The average molecular weight is 357 g/mol. The standard InChI is InChI=1S/C18H35N3O4/c1-5-14(21-15(22)23)13(12-19)11-18(7-6-8-18)9-10-20-16(24)25-17(2,3)4/h13-14,21H,5-12,19H2,1-4H3,(H,20,24)(H,22,23)/t13?,14-/m1/s1. The Balaban J connectivity index is 2.54. The Kier molecular flexibility index (Phi) is 7.99. The van der Waals surface area contributed by atoms with Gasteiger partial charge in [0.2, 0.25) is 0 Å². The number of carbonyl (C=O) groups excluding carboxylic acids is 1. The Labute approximate surface area is 151 Å². The van der Waals surface area contributed by atoms with Crippen LogP contribution < -0.4 is 16.4 Å². The van der Waals surface area contributed by atoms with Crippen LogP contribution in [0.5, 0.6) is 0 Å². The molecule has 1 saturated carbocycles. The number of amides is 2. The van der Waals surface area contributed by atoms with Gasteiger partial charge in [-0.25, -0.2) is 9.59 Å². The molecule has 0 aromatic heterocycles. The van der Waals surface area contributed by atoms with E-state index in [2.05, 4.69) is 10.6 Å². The number of ether oxygens (including phenoxy) is 1. The van der Waals surface area contributed by atoms with Crippen molar-refractivity contribution in [2.45, 2.75) is 77.9 Å². The third-order valence-corrected chi connectivity index (χ3v) is 5.05. The number of rotatable bonds is 9. The van der Waals surface area contributed by atoms with Gasteiger partial charge < -0.3 is 26.2 Å². The Morgan fingerprint density at radius 2 is 1.96 bits per heavy atom. The Hall–Kier alpha value is -1.50. The Bertz CT molecular complexity index is 444. The zero-order valence-corrected chi connectivity index (χ0v) is 16.1. The number of alkyl carbamates (subject to hydrolysis) is 1. The fraction of sp³-hybridized carbons (Fsp3) is 0.889. The van der Waals surface area contributed by atoms with E-state index in [0.717, 1.165) is 32.1 Å². The molecular formula is C18H35N3O4. The highest BCUT2D eigenvalue weighted by molar-refractivity contribution is 5.67. The van der Waals surface area contributed by atoms with E-state index in [1.54, 1.807) is 0 Å². The van der Waals surface area contributed by atoms with Gasteiger partial charge in [0, 0.05) is 12.6 Å². The predicted molar refractivity (Wildman–Crippen MR) is 97.5 cm³/mol. The summed E-state index contributed by atoms with van der Waals surface area (Å²) in [5, 5.41) is 14.4. The number of hydrogen-bond donors (Lipinski definition) is 4. The minimum absolute atomic E-state index is 0.114. The fourth-order valence-electron chi connectivity index (χ4n) is 3.63. The second kappa shape index (κ2) is 9.27. The molecule has 7 nitrogen and oxygen atoms in total. The first-order valence-corrected chi connectivity index (χ1v) is 9.27. The van der Waals surface area contributed by atoms with E-state index in [1.165, 1.54) is 6.42 Å². The summed E-state index contributed by atoms with van der Waals surface area (Å²) in [4.78, 5) is 22.8. The molecule has 0 spiro atoms. The topological polar surface area (TPSA) is 114 Å². The number of carbonyl (C=O) groups is 2. The molecule has 0 bridgehead atoms. The SMILES string of the molecule is CC[C@@H](NC(=O)O)C(CN)CC1(CCNC(=O)OC(C)(C)C)CCC1. The van der Waals surface area contributed by atoms with Crippen molar-refractivity contribution in [3.05, 3.63) is 0 Å². The summed E-state index contributed by atoms with van der Waals surface area (Å²) in [6, 6.07) is -0.126. The smallest absolute Gasteiger partial charge is 0.407 e. The predicted octanol–water partition coefficient (Wildman–Crippen LogP) is 3.08. The fourth-order valence-corrected chi connectivity index (χ4v) is 3.63. The molecule has 1 rings (SSSR count). The van der Waals surface area contributed by atoms with Gasteiger partial charge in [-0.1, -0.05) is 13.3 Å². The second-order valence-corrected chi connectivity index (χ2v) is 8.20. The Morgan fingerprint density at radius 3 is 2.36 bits per heavy atom. The summed E-state index contributed by atoms with van der Waals surface area (Å²) in [6.45, 7) is 8.51. The van der Waals surface area contributed by atoms with Crippen LogP contribution in [0.3, 0.4) is 0 Å². The van der Waals surface area contributed by atoms with Crippen LogP contribution in [0.2, 0.25) is 0 Å². The molecule has 2 atom stereocenters. The van der Waals surface area contributed by atoms with Crippen LogP contribution in [0.15, 0.2) is 0 Å². The third-order valence-electron chi connectivity index (χ3n) is 5.05. The average Bonchev–Trinajstić information content (AvgIpc) is 2.45. The highest BCUT2D eigenvalue weighted by atomic mass is 16.6. The summed E-state index contributed by atoms with van der Waals surface area (Å²) < 4.78 is 5.26. The van der Waals surface area contributed by atoms with Crippen LogP contribution in [-0.2, 0) is 4.74 Å². The molecule has 0 aromatic rings. The minimum atomic E-state index is -1.00. The van der Waals surface area contributed by atoms with Gasteiger partial charge in [-0.05, 0) is 70.8 Å². The van der Waals surface area contributed by atoms with Gasteiger partial charge >= 0.3 is 12.2 Å². The molecule has 25 heavy (non-hydrogen) atoms.